The zero-order chi connectivity index (χ0) is 15.9. The molecule has 1 aromatic heterocycles. The first-order chi connectivity index (χ1) is 11.3. The minimum atomic E-state index is 0.756. The summed E-state index contributed by atoms with van der Waals surface area (Å²) in [4.78, 5) is 9.40. The summed E-state index contributed by atoms with van der Waals surface area (Å²) in [5.41, 5.74) is 1.42. The molecule has 1 saturated heterocycles. The molecule has 2 heterocycles. The van der Waals surface area contributed by atoms with Gasteiger partial charge in [0.2, 0.25) is 5.89 Å². The van der Waals surface area contributed by atoms with E-state index < -0.39 is 0 Å². The van der Waals surface area contributed by atoms with Crippen molar-refractivity contribution in [1.29, 1.82) is 0 Å². The predicted octanol–water partition coefficient (Wildman–Crippen LogP) is 2.38. The Morgan fingerprint density at radius 2 is 1.74 bits per heavy atom. The van der Waals surface area contributed by atoms with Crippen LogP contribution in [0, 0.1) is 0 Å². The number of rotatable bonds is 7. The fraction of sp³-hybridized carbons (Fsp3) is 0.556. The van der Waals surface area contributed by atoms with Gasteiger partial charge in [-0.25, -0.2) is 0 Å². The van der Waals surface area contributed by atoms with Crippen LogP contribution >= 0.6 is 0 Å². The van der Waals surface area contributed by atoms with Crippen LogP contribution in [-0.2, 0) is 19.4 Å². The van der Waals surface area contributed by atoms with E-state index in [0.29, 0.717) is 0 Å². The van der Waals surface area contributed by atoms with Crippen molar-refractivity contribution >= 4 is 0 Å². The third kappa shape index (κ3) is 4.88. The topological polar surface area (TPSA) is 45.4 Å². The predicted molar refractivity (Wildman–Crippen MR) is 90.2 cm³/mol. The Bertz CT molecular complexity index is 576. The van der Waals surface area contributed by atoms with Gasteiger partial charge < -0.3 is 9.42 Å². The molecule has 0 atom stereocenters. The van der Waals surface area contributed by atoms with Crippen molar-refractivity contribution in [3.05, 3.63) is 47.6 Å². The van der Waals surface area contributed by atoms with Crippen LogP contribution in [0.15, 0.2) is 34.9 Å². The van der Waals surface area contributed by atoms with Crippen molar-refractivity contribution in [2.45, 2.75) is 32.7 Å². The van der Waals surface area contributed by atoms with Crippen molar-refractivity contribution < 1.29 is 4.52 Å². The maximum absolute atomic E-state index is 5.34. The quantitative estimate of drug-likeness (QED) is 0.785. The van der Waals surface area contributed by atoms with Crippen molar-refractivity contribution in [3.8, 4) is 0 Å². The summed E-state index contributed by atoms with van der Waals surface area (Å²) in [5, 5.41) is 4.03. The largest absolute Gasteiger partial charge is 0.338 e. The number of aryl methyl sites for hydroxylation is 1. The zero-order valence-corrected chi connectivity index (χ0v) is 13.9. The SMILES string of the molecule is CCCc1noc(CN2CCN(CCc3ccccc3)CC2)n1. The van der Waals surface area contributed by atoms with Gasteiger partial charge in [0.15, 0.2) is 5.82 Å². The lowest BCUT2D eigenvalue weighted by molar-refractivity contribution is 0.118. The van der Waals surface area contributed by atoms with E-state index in [1.807, 2.05) is 0 Å². The molecule has 124 valence electrons. The molecule has 5 heteroatoms. The first-order valence-corrected chi connectivity index (χ1v) is 8.63. The highest BCUT2D eigenvalue weighted by atomic mass is 16.5. The first-order valence-electron chi connectivity index (χ1n) is 8.63. The van der Waals surface area contributed by atoms with E-state index in [1.165, 1.54) is 5.56 Å². The fourth-order valence-electron chi connectivity index (χ4n) is 2.97. The summed E-state index contributed by atoms with van der Waals surface area (Å²) in [6.07, 6.45) is 3.08. The number of hydrogen-bond donors (Lipinski definition) is 0. The Labute approximate surface area is 138 Å². The van der Waals surface area contributed by atoms with Crippen LogP contribution < -0.4 is 0 Å². The van der Waals surface area contributed by atoms with Crippen LogP contribution in [0.4, 0.5) is 0 Å². The summed E-state index contributed by atoms with van der Waals surface area (Å²) in [7, 11) is 0. The van der Waals surface area contributed by atoms with E-state index in [-0.39, 0.29) is 0 Å². The average molecular weight is 314 g/mol. The van der Waals surface area contributed by atoms with Crippen molar-refractivity contribution in [1.82, 2.24) is 19.9 Å². The average Bonchev–Trinajstić information content (AvgIpc) is 3.03. The first kappa shape index (κ1) is 16.1. The number of hydrogen-bond acceptors (Lipinski definition) is 5. The van der Waals surface area contributed by atoms with Crippen molar-refractivity contribution in [2.75, 3.05) is 32.7 Å². The van der Waals surface area contributed by atoms with Gasteiger partial charge in [-0.2, -0.15) is 4.98 Å². The second-order valence-electron chi connectivity index (χ2n) is 6.21. The van der Waals surface area contributed by atoms with Crippen molar-refractivity contribution in [2.24, 2.45) is 0 Å². The lowest BCUT2D eigenvalue weighted by Gasteiger charge is -2.33. The molecular formula is C18H26N4O. The third-order valence-electron chi connectivity index (χ3n) is 4.37. The standard InChI is InChI=1S/C18H26N4O/c1-2-6-17-19-18(23-20-17)15-22-13-11-21(12-14-22)10-9-16-7-4-3-5-8-16/h3-5,7-8H,2,6,9-15H2,1H3. The summed E-state index contributed by atoms with van der Waals surface area (Å²) in [6.45, 7) is 8.42. The molecule has 0 unspecified atom stereocenters. The molecule has 23 heavy (non-hydrogen) atoms. The Morgan fingerprint density at radius 3 is 2.48 bits per heavy atom. The Kier molecular flexibility index (Phi) is 5.77. The maximum atomic E-state index is 5.34. The van der Waals surface area contributed by atoms with Crippen LogP contribution in [0.2, 0.25) is 0 Å². The second-order valence-corrected chi connectivity index (χ2v) is 6.21. The number of piperazine rings is 1. The summed E-state index contributed by atoms with van der Waals surface area (Å²) in [6, 6.07) is 10.7. The number of nitrogens with zero attached hydrogens (tertiary/aromatic N) is 4. The van der Waals surface area contributed by atoms with E-state index >= 15 is 0 Å². The smallest absolute Gasteiger partial charge is 0.240 e. The normalized spacial score (nSPS) is 16.7. The molecule has 0 aliphatic carbocycles. The molecule has 0 bridgehead atoms. The Morgan fingerprint density at radius 1 is 1.00 bits per heavy atom. The summed E-state index contributed by atoms with van der Waals surface area (Å²) < 4.78 is 5.34. The zero-order valence-electron chi connectivity index (χ0n) is 13.9. The molecule has 5 nitrogen and oxygen atoms in total. The van der Waals surface area contributed by atoms with Gasteiger partial charge in [-0.05, 0) is 18.4 Å². The Hall–Kier alpha value is -1.72. The maximum Gasteiger partial charge on any atom is 0.240 e. The van der Waals surface area contributed by atoms with Gasteiger partial charge in [0.05, 0.1) is 6.54 Å². The molecule has 1 aromatic carbocycles. The fourth-order valence-corrected chi connectivity index (χ4v) is 2.97. The van der Waals surface area contributed by atoms with Crippen LogP contribution in [0.25, 0.3) is 0 Å². The van der Waals surface area contributed by atoms with Gasteiger partial charge in [0, 0.05) is 39.1 Å². The molecule has 0 amide bonds. The van der Waals surface area contributed by atoms with Gasteiger partial charge in [0.25, 0.3) is 0 Å². The Balaban J connectivity index is 1.39. The molecule has 3 rings (SSSR count). The highest BCUT2D eigenvalue weighted by molar-refractivity contribution is 5.14. The molecule has 1 aliphatic heterocycles. The highest BCUT2D eigenvalue weighted by Crippen LogP contribution is 2.09. The molecule has 0 radical (unpaired) electrons. The van der Waals surface area contributed by atoms with Crippen LogP contribution in [-0.4, -0.2) is 52.7 Å². The molecule has 1 aliphatic rings. The minimum Gasteiger partial charge on any atom is -0.338 e. The molecule has 2 aromatic rings. The molecule has 1 fully saturated rings. The molecular weight excluding hydrogens is 288 g/mol. The van der Waals surface area contributed by atoms with Gasteiger partial charge in [-0.3, -0.25) is 4.90 Å². The van der Waals surface area contributed by atoms with E-state index in [9.17, 15) is 0 Å². The van der Waals surface area contributed by atoms with Crippen LogP contribution in [0.3, 0.4) is 0 Å². The van der Waals surface area contributed by atoms with Gasteiger partial charge in [-0.1, -0.05) is 42.4 Å². The van der Waals surface area contributed by atoms with E-state index in [2.05, 4.69) is 57.2 Å². The molecule has 0 N–H and O–H groups in total. The minimum absolute atomic E-state index is 0.756. The molecule has 0 spiro atoms. The van der Waals surface area contributed by atoms with Gasteiger partial charge in [-0.15, -0.1) is 0 Å². The number of aromatic nitrogens is 2. The third-order valence-corrected chi connectivity index (χ3v) is 4.37. The molecule has 0 saturated carbocycles. The van der Waals surface area contributed by atoms with Crippen LogP contribution in [0.1, 0.15) is 30.6 Å². The monoisotopic (exact) mass is 314 g/mol. The summed E-state index contributed by atoms with van der Waals surface area (Å²) >= 11 is 0. The van der Waals surface area contributed by atoms with Crippen molar-refractivity contribution in [3.63, 3.8) is 0 Å². The van der Waals surface area contributed by atoms with E-state index in [0.717, 1.165) is 70.2 Å². The van der Waals surface area contributed by atoms with E-state index in [4.69, 9.17) is 4.52 Å². The van der Waals surface area contributed by atoms with Gasteiger partial charge in [0.1, 0.15) is 0 Å². The van der Waals surface area contributed by atoms with Crippen LogP contribution in [0.5, 0.6) is 0 Å². The van der Waals surface area contributed by atoms with Gasteiger partial charge >= 0.3 is 0 Å². The summed E-state index contributed by atoms with van der Waals surface area (Å²) in [5.74, 6) is 1.59. The highest BCUT2D eigenvalue weighted by Gasteiger charge is 2.18. The lowest BCUT2D eigenvalue weighted by atomic mass is 10.1. The second kappa shape index (κ2) is 8.22. The lowest BCUT2D eigenvalue weighted by Crippen LogP contribution is -2.46. The number of benzene rings is 1. The van der Waals surface area contributed by atoms with E-state index in [1.54, 1.807) is 0 Å².